The first-order valence-corrected chi connectivity index (χ1v) is 19.3. The number of unbranched alkanes of at least 4 members (excludes halogenated alkanes) is 3. The second-order valence-corrected chi connectivity index (χ2v) is 15.8. The molecule has 262 valence electrons. The highest BCUT2D eigenvalue weighted by molar-refractivity contribution is 6.09. The minimum absolute atomic E-state index is 0.0492. The number of benzene rings is 5. The number of fused-ring (bicyclic) bond motifs is 4. The van der Waals surface area contributed by atoms with Crippen molar-refractivity contribution in [2.75, 3.05) is 6.61 Å². The molecule has 6 aromatic rings. The van der Waals surface area contributed by atoms with E-state index in [0.29, 0.717) is 0 Å². The Kier molecular flexibility index (Phi) is 9.36. The topological polar surface area (TPSA) is 14.2 Å². The number of nitrogens with zero attached hydrogens (tertiary/aromatic N) is 1. The van der Waals surface area contributed by atoms with Crippen LogP contribution in [0.1, 0.15) is 80.2 Å². The number of allylic oxidation sites excluding steroid dienone is 5. The predicted molar refractivity (Wildman–Crippen MR) is 221 cm³/mol. The molecule has 2 unspecified atom stereocenters. The molecule has 0 N–H and O–H groups in total. The molecule has 1 heterocycles. The molecular formula is C50H51NO. The number of rotatable bonds is 12. The van der Waals surface area contributed by atoms with Gasteiger partial charge in [-0.05, 0) is 97.2 Å². The molecule has 2 nitrogen and oxygen atoms in total. The highest BCUT2D eigenvalue weighted by Crippen LogP contribution is 2.56. The van der Waals surface area contributed by atoms with Gasteiger partial charge in [-0.3, -0.25) is 0 Å². The van der Waals surface area contributed by atoms with Gasteiger partial charge >= 0.3 is 0 Å². The van der Waals surface area contributed by atoms with Crippen LogP contribution in [0.25, 0.3) is 39.0 Å². The van der Waals surface area contributed by atoms with Crippen LogP contribution < -0.4 is 0 Å². The van der Waals surface area contributed by atoms with Crippen LogP contribution >= 0.6 is 0 Å². The molecule has 52 heavy (non-hydrogen) atoms. The van der Waals surface area contributed by atoms with Gasteiger partial charge in [-0.15, -0.1) is 0 Å². The Labute approximate surface area is 310 Å². The maximum atomic E-state index is 5.93. The summed E-state index contributed by atoms with van der Waals surface area (Å²) in [6.45, 7) is 7.25. The fourth-order valence-electron chi connectivity index (χ4n) is 9.00. The molecule has 0 saturated heterocycles. The number of ether oxygens (including phenoxy) is 1. The van der Waals surface area contributed by atoms with Crippen molar-refractivity contribution in [1.82, 2.24) is 4.57 Å². The molecule has 0 amide bonds. The Bertz CT molecular complexity index is 2270. The summed E-state index contributed by atoms with van der Waals surface area (Å²) < 4.78 is 8.24. The maximum absolute atomic E-state index is 5.93. The van der Waals surface area contributed by atoms with E-state index in [2.05, 4.69) is 184 Å². The van der Waals surface area contributed by atoms with Crippen molar-refractivity contribution in [2.24, 2.45) is 13.0 Å². The van der Waals surface area contributed by atoms with Gasteiger partial charge in [0.1, 0.15) is 0 Å². The van der Waals surface area contributed by atoms with E-state index in [1.165, 1.54) is 80.0 Å². The van der Waals surface area contributed by atoms with E-state index in [0.717, 1.165) is 19.4 Å². The van der Waals surface area contributed by atoms with Gasteiger partial charge in [0.15, 0.2) is 0 Å². The maximum Gasteiger partial charge on any atom is 0.0598 e. The average Bonchev–Trinajstić information content (AvgIpc) is 3.92. The molecule has 1 aromatic heterocycles. The molecule has 0 spiro atoms. The minimum atomic E-state index is -0.309. The molecule has 2 heteroatoms. The van der Waals surface area contributed by atoms with E-state index in [1.807, 2.05) is 0 Å². The summed E-state index contributed by atoms with van der Waals surface area (Å²) >= 11 is 0. The Morgan fingerprint density at radius 1 is 0.635 bits per heavy atom. The quantitative estimate of drug-likeness (QED) is 0.117. The van der Waals surface area contributed by atoms with E-state index in [4.69, 9.17) is 4.74 Å². The Hall–Kier alpha value is -4.92. The SMILES string of the molecule is Cn1c2ccccc2c2cc(-c3cccc4c3C=CC4C(c3ccccc3)(c3ccc(CCCCCCOC(C)(C)C)cc3)C3C=CC=C3)ccc21. The van der Waals surface area contributed by atoms with E-state index >= 15 is 0 Å². The van der Waals surface area contributed by atoms with Crippen LogP contribution in [0.5, 0.6) is 0 Å². The lowest BCUT2D eigenvalue weighted by atomic mass is 9.57. The highest BCUT2D eigenvalue weighted by atomic mass is 16.5. The Morgan fingerprint density at radius 3 is 2.13 bits per heavy atom. The lowest BCUT2D eigenvalue weighted by Gasteiger charge is -2.44. The van der Waals surface area contributed by atoms with Gasteiger partial charge in [0.25, 0.3) is 0 Å². The van der Waals surface area contributed by atoms with Crippen LogP contribution in [0.3, 0.4) is 0 Å². The fraction of sp³-hybridized carbons (Fsp3) is 0.280. The third-order valence-electron chi connectivity index (χ3n) is 11.5. The molecule has 2 aliphatic rings. The van der Waals surface area contributed by atoms with Crippen LogP contribution in [0.2, 0.25) is 0 Å². The molecule has 8 rings (SSSR count). The summed E-state index contributed by atoms with van der Waals surface area (Å²) in [5.74, 6) is 0.372. The fourth-order valence-corrected chi connectivity index (χ4v) is 9.00. The zero-order valence-corrected chi connectivity index (χ0v) is 31.2. The van der Waals surface area contributed by atoms with E-state index in [-0.39, 0.29) is 22.9 Å². The summed E-state index contributed by atoms with van der Waals surface area (Å²) in [5, 5.41) is 2.61. The van der Waals surface area contributed by atoms with Gasteiger partial charge in [-0.2, -0.15) is 0 Å². The first-order chi connectivity index (χ1) is 25.3. The summed E-state index contributed by atoms with van der Waals surface area (Å²) in [7, 11) is 2.17. The van der Waals surface area contributed by atoms with Crippen LogP contribution in [-0.4, -0.2) is 16.8 Å². The molecule has 0 aliphatic heterocycles. The zero-order valence-electron chi connectivity index (χ0n) is 31.2. The molecular weight excluding hydrogens is 631 g/mol. The third kappa shape index (κ3) is 6.28. The lowest BCUT2D eigenvalue weighted by Crippen LogP contribution is -2.39. The van der Waals surface area contributed by atoms with Crippen molar-refractivity contribution in [1.29, 1.82) is 0 Å². The van der Waals surface area contributed by atoms with Crippen LogP contribution in [0, 0.1) is 5.92 Å². The normalized spacial score (nSPS) is 16.7. The standard InChI is InChI=1S/C50H51NO/c1-49(2,3)52-34-15-6-5-8-17-36-26-29-40(30-27-36)50(39-20-11-12-21-39,38-18-9-7-10-19-38)46-32-31-42-41(23-16-24-43(42)46)37-28-33-48-45(35-37)44-22-13-14-25-47(44)51(48)4/h7,9-14,16,18-33,35,39,46H,5-6,8,15,17,34H2,1-4H3. The lowest BCUT2D eigenvalue weighted by molar-refractivity contribution is -0.00473. The van der Waals surface area contributed by atoms with E-state index in [9.17, 15) is 0 Å². The number of hydrogen-bond acceptors (Lipinski definition) is 1. The Morgan fingerprint density at radius 2 is 1.35 bits per heavy atom. The second-order valence-electron chi connectivity index (χ2n) is 15.8. The molecule has 0 bridgehead atoms. The number of aromatic nitrogens is 1. The number of aryl methyl sites for hydroxylation is 2. The van der Waals surface area contributed by atoms with Crippen LogP contribution in [0.15, 0.2) is 146 Å². The number of para-hydroxylation sites is 1. The third-order valence-corrected chi connectivity index (χ3v) is 11.5. The molecule has 0 fully saturated rings. The van der Waals surface area contributed by atoms with Gasteiger partial charge in [0, 0.05) is 52.7 Å². The highest BCUT2D eigenvalue weighted by Gasteiger charge is 2.48. The smallest absolute Gasteiger partial charge is 0.0598 e. The van der Waals surface area contributed by atoms with Crippen molar-refractivity contribution in [2.45, 2.75) is 69.8 Å². The largest absolute Gasteiger partial charge is 0.376 e. The van der Waals surface area contributed by atoms with E-state index < -0.39 is 0 Å². The van der Waals surface area contributed by atoms with Gasteiger partial charge in [0.2, 0.25) is 0 Å². The summed E-state index contributed by atoms with van der Waals surface area (Å²) in [4.78, 5) is 0. The van der Waals surface area contributed by atoms with Gasteiger partial charge in [-0.25, -0.2) is 0 Å². The molecule has 2 aliphatic carbocycles. The minimum Gasteiger partial charge on any atom is -0.376 e. The van der Waals surface area contributed by atoms with E-state index in [1.54, 1.807) is 0 Å². The van der Waals surface area contributed by atoms with Gasteiger partial charge in [0.05, 0.1) is 5.60 Å². The van der Waals surface area contributed by atoms with Gasteiger partial charge in [-0.1, -0.05) is 146 Å². The van der Waals surface area contributed by atoms with Gasteiger partial charge < -0.3 is 9.30 Å². The zero-order chi connectivity index (χ0) is 35.7. The summed E-state index contributed by atoms with van der Waals surface area (Å²) in [6, 6.07) is 43.6. The molecule has 0 radical (unpaired) electrons. The monoisotopic (exact) mass is 681 g/mol. The first kappa shape index (κ1) is 34.2. The second kappa shape index (κ2) is 14.2. The van der Waals surface area contributed by atoms with Crippen molar-refractivity contribution in [3.8, 4) is 11.1 Å². The number of hydrogen-bond donors (Lipinski definition) is 0. The predicted octanol–water partition coefficient (Wildman–Crippen LogP) is 12.8. The van der Waals surface area contributed by atoms with Crippen molar-refractivity contribution in [3.63, 3.8) is 0 Å². The molecule has 5 aromatic carbocycles. The Balaban J connectivity index is 1.15. The van der Waals surface area contributed by atoms with Crippen molar-refractivity contribution in [3.05, 3.63) is 173 Å². The van der Waals surface area contributed by atoms with Crippen LogP contribution in [0.4, 0.5) is 0 Å². The summed E-state index contributed by atoms with van der Waals surface area (Å²) in [6.07, 6.45) is 20.1. The molecule has 0 saturated carbocycles. The molecule has 2 atom stereocenters. The van der Waals surface area contributed by atoms with Crippen molar-refractivity contribution >= 4 is 27.9 Å². The summed E-state index contributed by atoms with van der Waals surface area (Å²) in [5.41, 5.74) is 11.6. The average molecular weight is 682 g/mol. The first-order valence-electron chi connectivity index (χ1n) is 19.3. The van der Waals surface area contributed by atoms with Crippen LogP contribution in [-0.2, 0) is 23.6 Å². The van der Waals surface area contributed by atoms with Crippen molar-refractivity contribution < 1.29 is 4.74 Å².